The lowest BCUT2D eigenvalue weighted by molar-refractivity contribution is -0.116. The average Bonchev–Trinajstić information content (AvgIpc) is 2.72. The van der Waals surface area contributed by atoms with Crippen LogP contribution in [0.3, 0.4) is 0 Å². The summed E-state index contributed by atoms with van der Waals surface area (Å²) in [4.78, 5) is 31.8. The predicted octanol–water partition coefficient (Wildman–Crippen LogP) is 3.79. The number of carbonyl (C=O) groups excluding carboxylic acids is 1. The first-order valence-corrected chi connectivity index (χ1v) is 9.79. The topological polar surface area (TPSA) is 93.3 Å². The van der Waals surface area contributed by atoms with Crippen LogP contribution in [0.1, 0.15) is 34.9 Å². The summed E-state index contributed by atoms with van der Waals surface area (Å²) in [6, 6.07) is 12.8. The summed E-state index contributed by atoms with van der Waals surface area (Å²) in [6.07, 6.45) is 0.143. The molecular weight excluding hydrogens is 406 g/mol. The van der Waals surface area contributed by atoms with E-state index in [4.69, 9.17) is 21.1 Å². The van der Waals surface area contributed by atoms with Crippen molar-refractivity contribution in [2.24, 2.45) is 0 Å². The van der Waals surface area contributed by atoms with Gasteiger partial charge >= 0.3 is 0 Å². The lowest BCUT2D eigenvalue weighted by Crippen LogP contribution is -2.31. The minimum absolute atomic E-state index is 0.143. The number of methoxy groups -OCH3 is 1. The molecule has 2 aromatic carbocycles. The lowest BCUT2D eigenvalue weighted by Gasteiger charge is -2.25. The van der Waals surface area contributed by atoms with Crippen LogP contribution < -0.4 is 20.3 Å². The number of carbonyl (C=O) groups is 1. The fourth-order valence-electron chi connectivity index (χ4n) is 3.56. The maximum atomic E-state index is 12.6. The number of fused-ring (bicyclic) bond motifs is 1. The van der Waals surface area contributed by atoms with Crippen LogP contribution in [0.15, 0.2) is 47.3 Å². The number of amides is 1. The van der Waals surface area contributed by atoms with Crippen molar-refractivity contribution in [1.29, 1.82) is 0 Å². The first-order valence-electron chi connectivity index (χ1n) is 9.41. The molecule has 1 aliphatic heterocycles. The highest BCUT2D eigenvalue weighted by Crippen LogP contribution is 2.38. The van der Waals surface area contributed by atoms with Crippen molar-refractivity contribution in [3.8, 4) is 11.5 Å². The van der Waals surface area contributed by atoms with Crippen molar-refractivity contribution >= 4 is 23.3 Å². The first-order chi connectivity index (χ1) is 14.5. The number of halogens is 1. The zero-order valence-corrected chi connectivity index (χ0v) is 17.2. The van der Waals surface area contributed by atoms with Gasteiger partial charge in [0.25, 0.3) is 5.56 Å². The van der Waals surface area contributed by atoms with E-state index in [-0.39, 0.29) is 24.5 Å². The van der Waals surface area contributed by atoms with Gasteiger partial charge in [0.1, 0.15) is 18.2 Å². The van der Waals surface area contributed by atoms with Crippen LogP contribution in [0.2, 0.25) is 5.02 Å². The molecule has 0 aliphatic carbocycles. The molecular formula is C22H20ClN3O4. The summed E-state index contributed by atoms with van der Waals surface area (Å²) >= 11 is 6.19. The van der Waals surface area contributed by atoms with Crippen molar-refractivity contribution in [2.45, 2.75) is 25.9 Å². The fourth-order valence-corrected chi connectivity index (χ4v) is 3.75. The van der Waals surface area contributed by atoms with Crippen molar-refractivity contribution in [3.05, 3.63) is 80.4 Å². The van der Waals surface area contributed by atoms with Crippen LogP contribution >= 0.6 is 11.6 Å². The molecule has 7 nitrogen and oxygen atoms in total. The van der Waals surface area contributed by atoms with Gasteiger partial charge in [-0.2, -0.15) is 0 Å². The highest BCUT2D eigenvalue weighted by molar-refractivity contribution is 6.31. The minimum atomic E-state index is -0.433. The number of hydrogen-bond acceptors (Lipinski definition) is 5. The normalized spacial score (nSPS) is 15.3. The summed E-state index contributed by atoms with van der Waals surface area (Å²) in [5.74, 6) is 1.16. The van der Waals surface area contributed by atoms with Crippen LogP contribution in [-0.4, -0.2) is 23.0 Å². The summed E-state index contributed by atoms with van der Waals surface area (Å²) in [7, 11) is 1.54. The molecule has 1 atom stereocenters. The second-order valence-corrected chi connectivity index (χ2v) is 7.42. The lowest BCUT2D eigenvalue weighted by atomic mass is 9.86. The predicted molar refractivity (Wildman–Crippen MR) is 113 cm³/mol. The van der Waals surface area contributed by atoms with E-state index < -0.39 is 5.92 Å². The standard InChI is InChI=1S/C22H20ClN3O4/c1-12-24-21-20(22(28)25-12)15(10-19(27)26-21)13-7-8-17(18(9-13)29-2)30-11-14-5-3-4-6-16(14)23/h3-9,15H,10-11H2,1-2H3,(H2,24,25,26,27,28). The van der Waals surface area contributed by atoms with Gasteiger partial charge in [-0.1, -0.05) is 35.9 Å². The second-order valence-electron chi connectivity index (χ2n) is 7.01. The molecule has 1 amide bonds. The number of hydrogen-bond donors (Lipinski definition) is 2. The summed E-state index contributed by atoms with van der Waals surface area (Å²) < 4.78 is 11.4. The Bertz CT molecular complexity index is 1180. The number of nitrogens with one attached hydrogen (secondary N) is 2. The van der Waals surface area contributed by atoms with E-state index >= 15 is 0 Å². The molecule has 154 valence electrons. The van der Waals surface area contributed by atoms with Crippen molar-refractivity contribution in [2.75, 3.05) is 12.4 Å². The molecule has 0 spiro atoms. The van der Waals surface area contributed by atoms with Crippen molar-refractivity contribution in [1.82, 2.24) is 9.97 Å². The third-order valence-corrected chi connectivity index (χ3v) is 5.37. The van der Waals surface area contributed by atoms with Crippen LogP contribution in [0, 0.1) is 6.92 Å². The number of benzene rings is 2. The Morgan fingerprint density at radius 3 is 2.73 bits per heavy atom. The molecule has 3 aromatic rings. The number of anilines is 1. The van der Waals surface area contributed by atoms with Crippen LogP contribution in [0.4, 0.5) is 5.82 Å². The van der Waals surface area contributed by atoms with Gasteiger partial charge in [0, 0.05) is 22.9 Å². The molecule has 0 saturated heterocycles. The smallest absolute Gasteiger partial charge is 0.256 e. The van der Waals surface area contributed by atoms with Gasteiger partial charge in [0.05, 0.1) is 12.7 Å². The maximum Gasteiger partial charge on any atom is 0.256 e. The molecule has 4 rings (SSSR count). The van der Waals surface area contributed by atoms with Gasteiger partial charge in [0.2, 0.25) is 5.91 Å². The minimum Gasteiger partial charge on any atom is -0.493 e. The van der Waals surface area contributed by atoms with E-state index in [2.05, 4.69) is 15.3 Å². The first kappa shape index (κ1) is 20.0. The van der Waals surface area contributed by atoms with Crippen LogP contribution in [0.5, 0.6) is 11.5 Å². The third kappa shape index (κ3) is 3.89. The fraction of sp³-hybridized carbons (Fsp3) is 0.227. The van der Waals surface area contributed by atoms with Gasteiger partial charge in [0.15, 0.2) is 11.5 Å². The van der Waals surface area contributed by atoms with Gasteiger partial charge in [-0.25, -0.2) is 4.98 Å². The van der Waals surface area contributed by atoms with Gasteiger partial charge in [-0.3, -0.25) is 9.59 Å². The summed E-state index contributed by atoms with van der Waals surface area (Å²) in [5, 5.41) is 3.31. The number of nitrogens with zero attached hydrogens (tertiary/aromatic N) is 1. The number of ether oxygens (including phenoxy) is 2. The van der Waals surface area contributed by atoms with Gasteiger partial charge in [-0.15, -0.1) is 0 Å². The van der Waals surface area contributed by atoms with Gasteiger partial charge in [-0.05, 0) is 30.7 Å². The molecule has 2 heterocycles. The quantitative estimate of drug-likeness (QED) is 0.648. The number of H-pyrrole nitrogens is 1. The number of aromatic amines is 1. The van der Waals surface area contributed by atoms with E-state index in [9.17, 15) is 9.59 Å². The van der Waals surface area contributed by atoms with E-state index in [1.165, 1.54) is 0 Å². The highest BCUT2D eigenvalue weighted by atomic mass is 35.5. The highest BCUT2D eigenvalue weighted by Gasteiger charge is 2.31. The largest absolute Gasteiger partial charge is 0.493 e. The Morgan fingerprint density at radius 2 is 1.97 bits per heavy atom. The molecule has 30 heavy (non-hydrogen) atoms. The van der Waals surface area contributed by atoms with E-state index in [1.54, 1.807) is 32.2 Å². The molecule has 2 N–H and O–H groups in total. The van der Waals surface area contributed by atoms with Crippen molar-refractivity contribution < 1.29 is 14.3 Å². The molecule has 8 heteroatoms. The number of rotatable bonds is 5. The second kappa shape index (κ2) is 8.20. The van der Waals surface area contributed by atoms with E-state index in [0.29, 0.717) is 33.7 Å². The monoisotopic (exact) mass is 425 g/mol. The molecule has 1 unspecified atom stereocenters. The Hall–Kier alpha value is -3.32. The molecule has 1 aliphatic rings. The molecule has 0 saturated carbocycles. The Balaban J connectivity index is 1.66. The summed E-state index contributed by atoms with van der Waals surface area (Å²) in [6.45, 7) is 1.96. The van der Waals surface area contributed by atoms with Gasteiger partial charge < -0.3 is 19.8 Å². The van der Waals surface area contributed by atoms with E-state index in [1.807, 2.05) is 24.3 Å². The van der Waals surface area contributed by atoms with Crippen LogP contribution in [0.25, 0.3) is 0 Å². The zero-order chi connectivity index (χ0) is 21.3. The number of aryl methyl sites for hydroxylation is 1. The molecule has 0 radical (unpaired) electrons. The zero-order valence-electron chi connectivity index (χ0n) is 16.5. The average molecular weight is 426 g/mol. The van der Waals surface area contributed by atoms with E-state index in [0.717, 1.165) is 11.1 Å². The Morgan fingerprint density at radius 1 is 1.17 bits per heavy atom. The van der Waals surface area contributed by atoms with Crippen molar-refractivity contribution in [3.63, 3.8) is 0 Å². The molecule has 0 bridgehead atoms. The maximum absolute atomic E-state index is 12.6. The summed E-state index contributed by atoms with van der Waals surface area (Å²) in [5.41, 5.74) is 1.80. The Labute approximate surface area is 178 Å². The van der Waals surface area contributed by atoms with Crippen LogP contribution in [-0.2, 0) is 11.4 Å². The SMILES string of the molecule is COc1cc(C2CC(=O)Nc3nc(C)[nH]c(=O)c32)ccc1OCc1ccccc1Cl. The molecule has 1 aromatic heterocycles. The third-order valence-electron chi connectivity index (χ3n) is 5.00. The number of aromatic nitrogens is 2. The molecule has 0 fully saturated rings. The Kier molecular flexibility index (Phi) is 5.46.